The fraction of sp³-hybridized carbons (Fsp3) is 0.385. The number of methoxy groups -OCH3 is 1. The van der Waals surface area contributed by atoms with E-state index in [2.05, 4.69) is 10.6 Å². The molecule has 19 heavy (non-hydrogen) atoms. The van der Waals surface area contributed by atoms with Crippen molar-refractivity contribution in [3.05, 3.63) is 34.9 Å². The summed E-state index contributed by atoms with van der Waals surface area (Å²) in [5.74, 6) is -0.493. The third-order valence-corrected chi connectivity index (χ3v) is 2.74. The molecule has 1 amide bonds. The third kappa shape index (κ3) is 5.28. The van der Waals surface area contributed by atoms with Crippen molar-refractivity contribution in [1.29, 1.82) is 0 Å². The standard InChI is InChI=1S/C13H17ClN2O3/c1-9(17)15-7-8-16-12(13(18)19-2)10-3-5-11(14)6-4-10/h3-6,12,16H,7-8H2,1-2H3,(H,15,17). The highest BCUT2D eigenvalue weighted by atomic mass is 35.5. The van der Waals surface area contributed by atoms with Gasteiger partial charge in [-0.1, -0.05) is 23.7 Å². The van der Waals surface area contributed by atoms with Crippen molar-refractivity contribution in [3.8, 4) is 0 Å². The molecule has 1 aromatic rings. The largest absolute Gasteiger partial charge is 0.468 e. The van der Waals surface area contributed by atoms with E-state index >= 15 is 0 Å². The minimum atomic E-state index is -0.573. The van der Waals surface area contributed by atoms with Gasteiger partial charge in [0.1, 0.15) is 6.04 Å². The zero-order valence-corrected chi connectivity index (χ0v) is 11.7. The summed E-state index contributed by atoms with van der Waals surface area (Å²) >= 11 is 5.81. The first-order valence-electron chi connectivity index (χ1n) is 5.85. The SMILES string of the molecule is COC(=O)C(NCCNC(C)=O)c1ccc(Cl)cc1. The van der Waals surface area contributed by atoms with Gasteiger partial charge in [-0.3, -0.25) is 10.1 Å². The molecule has 6 heteroatoms. The van der Waals surface area contributed by atoms with Crippen LogP contribution >= 0.6 is 11.6 Å². The van der Waals surface area contributed by atoms with Crippen molar-refractivity contribution in [2.24, 2.45) is 0 Å². The van der Waals surface area contributed by atoms with Crippen molar-refractivity contribution in [2.45, 2.75) is 13.0 Å². The van der Waals surface area contributed by atoms with Crippen LogP contribution < -0.4 is 10.6 Å². The first kappa shape index (κ1) is 15.5. The van der Waals surface area contributed by atoms with Crippen molar-refractivity contribution >= 4 is 23.5 Å². The van der Waals surface area contributed by atoms with Crippen LogP contribution in [0.3, 0.4) is 0 Å². The van der Waals surface area contributed by atoms with E-state index in [1.807, 2.05) is 0 Å². The smallest absolute Gasteiger partial charge is 0.327 e. The summed E-state index contributed by atoms with van der Waals surface area (Å²) in [4.78, 5) is 22.5. The molecule has 0 bridgehead atoms. The lowest BCUT2D eigenvalue weighted by molar-refractivity contribution is -0.143. The van der Waals surface area contributed by atoms with Gasteiger partial charge in [-0.25, -0.2) is 4.79 Å². The van der Waals surface area contributed by atoms with Gasteiger partial charge >= 0.3 is 5.97 Å². The number of benzene rings is 1. The molecular weight excluding hydrogens is 268 g/mol. The van der Waals surface area contributed by atoms with E-state index < -0.39 is 6.04 Å². The summed E-state index contributed by atoms with van der Waals surface area (Å²) < 4.78 is 4.75. The Balaban J connectivity index is 2.64. The van der Waals surface area contributed by atoms with Gasteiger partial charge in [0, 0.05) is 25.0 Å². The molecule has 1 unspecified atom stereocenters. The van der Waals surface area contributed by atoms with Gasteiger partial charge in [0.2, 0.25) is 5.91 Å². The number of amides is 1. The Morgan fingerprint density at radius 3 is 2.42 bits per heavy atom. The number of carbonyl (C=O) groups excluding carboxylic acids is 2. The maximum atomic E-state index is 11.7. The lowest BCUT2D eigenvalue weighted by Gasteiger charge is -2.17. The molecule has 2 N–H and O–H groups in total. The minimum absolute atomic E-state index is 0.108. The van der Waals surface area contributed by atoms with Crippen LogP contribution in [0.2, 0.25) is 5.02 Å². The normalized spacial score (nSPS) is 11.7. The molecule has 5 nitrogen and oxygen atoms in total. The van der Waals surface area contributed by atoms with Gasteiger partial charge < -0.3 is 10.1 Å². The van der Waals surface area contributed by atoms with Crippen LogP contribution in [0, 0.1) is 0 Å². The van der Waals surface area contributed by atoms with Crippen LogP contribution in [-0.2, 0) is 14.3 Å². The van der Waals surface area contributed by atoms with E-state index in [0.29, 0.717) is 18.1 Å². The van der Waals surface area contributed by atoms with Crippen molar-refractivity contribution in [2.75, 3.05) is 20.2 Å². The molecule has 0 fully saturated rings. The fourth-order valence-electron chi connectivity index (χ4n) is 1.57. The topological polar surface area (TPSA) is 67.4 Å². The number of hydrogen-bond donors (Lipinski definition) is 2. The average Bonchev–Trinajstić information content (AvgIpc) is 2.39. The number of carbonyl (C=O) groups is 2. The Morgan fingerprint density at radius 2 is 1.89 bits per heavy atom. The van der Waals surface area contributed by atoms with Gasteiger partial charge in [0.25, 0.3) is 0 Å². The summed E-state index contributed by atoms with van der Waals surface area (Å²) in [5, 5.41) is 6.28. The van der Waals surface area contributed by atoms with E-state index in [9.17, 15) is 9.59 Å². The first-order valence-corrected chi connectivity index (χ1v) is 6.23. The van der Waals surface area contributed by atoms with E-state index in [1.165, 1.54) is 14.0 Å². The summed E-state index contributed by atoms with van der Waals surface area (Å²) in [7, 11) is 1.33. The molecule has 0 heterocycles. The minimum Gasteiger partial charge on any atom is -0.468 e. The Bertz CT molecular complexity index is 434. The molecule has 0 saturated carbocycles. The van der Waals surface area contributed by atoms with Crippen LogP contribution in [0.15, 0.2) is 24.3 Å². The van der Waals surface area contributed by atoms with Crippen LogP contribution in [0.1, 0.15) is 18.5 Å². The number of rotatable bonds is 6. The first-order chi connectivity index (χ1) is 9.04. The molecule has 0 aliphatic rings. The Kier molecular flexibility index (Phi) is 6.32. The van der Waals surface area contributed by atoms with E-state index in [1.54, 1.807) is 24.3 Å². The predicted octanol–water partition coefficient (Wildman–Crippen LogP) is 1.28. The van der Waals surface area contributed by atoms with E-state index in [0.717, 1.165) is 5.56 Å². The van der Waals surface area contributed by atoms with Gasteiger partial charge in [-0.05, 0) is 17.7 Å². The predicted molar refractivity (Wildman–Crippen MR) is 72.9 cm³/mol. The lowest BCUT2D eigenvalue weighted by atomic mass is 10.1. The molecule has 0 spiro atoms. The van der Waals surface area contributed by atoms with E-state index in [4.69, 9.17) is 16.3 Å². The summed E-state index contributed by atoms with van der Waals surface area (Å²) in [5.41, 5.74) is 0.763. The van der Waals surface area contributed by atoms with Crippen molar-refractivity contribution in [1.82, 2.24) is 10.6 Å². The van der Waals surface area contributed by atoms with E-state index in [-0.39, 0.29) is 11.9 Å². The van der Waals surface area contributed by atoms with Gasteiger partial charge in [0.15, 0.2) is 0 Å². The van der Waals surface area contributed by atoms with Crippen molar-refractivity contribution < 1.29 is 14.3 Å². The molecule has 1 atom stereocenters. The van der Waals surface area contributed by atoms with Crippen LogP contribution in [0.25, 0.3) is 0 Å². The average molecular weight is 285 g/mol. The van der Waals surface area contributed by atoms with Gasteiger partial charge in [-0.15, -0.1) is 0 Å². The zero-order valence-electron chi connectivity index (χ0n) is 10.9. The maximum Gasteiger partial charge on any atom is 0.327 e. The number of esters is 1. The number of nitrogens with one attached hydrogen (secondary N) is 2. The second-order valence-corrected chi connectivity index (χ2v) is 4.38. The Labute approximate surface area is 117 Å². The highest BCUT2D eigenvalue weighted by Crippen LogP contribution is 2.17. The molecule has 0 aliphatic heterocycles. The number of hydrogen-bond acceptors (Lipinski definition) is 4. The summed E-state index contributed by atoms with van der Waals surface area (Å²) in [6.45, 7) is 2.34. The second kappa shape index (κ2) is 7.76. The van der Waals surface area contributed by atoms with Gasteiger partial charge in [-0.2, -0.15) is 0 Å². The number of ether oxygens (including phenoxy) is 1. The molecular formula is C13H17ClN2O3. The lowest BCUT2D eigenvalue weighted by Crippen LogP contribution is -2.36. The molecule has 0 aromatic heterocycles. The summed E-state index contributed by atoms with van der Waals surface area (Å²) in [6.07, 6.45) is 0. The fourth-order valence-corrected chi connectivity index (χ4v) is 1.69. The highest BCUT2D eigenvalue weighted by molar-refractivity contribution is 6.30. The molecule has 0 radical (unpaired) electrons. The van der Waals surface area contributed by atoms with Crippen LogP contribution in [-0.4, -0.2) is 32.1 Å². The zero-order chi connectivity index (χ0) is 14.3. The molecule has 0 saturated heterocycles. The Morgan fingerprint density at radius 1 is 1.26 bits per heavy atom. The summed E-state index contributed by atoms with van der Waals surface area (Å²) in [6, 6.07) is 6.37. The van der Waals surface area contributed by atoms with Gasteiger partial charge in [0.05, 0.1) is 7.11 Å². The Hall–Kier alpha value is -1.59. The third-order valence-electron chi connectivity index (χ3n) is 2.49. The molecule has 1 rings (SSSR count). The monoisotopic (exact) mass is 284 g/mol. The van der Waals surface area contributed by atoms with Crippen LogP contribution in [0.4, 0.5) is 0 Å². The molecule has 1 aromatic carbocycles. The highest BCUT2D eigenvalue weighted by Gasteiger charge is 2.20. The quantitative estimate of drug-likeness (QED) is 0.610. The number of halogens is 1. The maximum absolute atomic E-state index is 11.7. The second-order valence-electron chi connectivity index (χ2n) is 3.94. The van der Waals surface area contributed by atoms with Crippen molar-refractivity contribution in [3.63, 3.8) is 0 Å². The molecule has 0 aliphatic carbocycles. The van der Waals surface area contributed by atoms with Crippen LogP contribution in [0.5, 0.6) is 0 Å². The molecule has 104 valence electrons.